The fourth-order valence-corrected chi connectivity index (χ4v) is 7.29. The van der Waals surface area contributed by atoms with E-state index in [0.717, 1.165) is 77.7 Å². The van der Waals surface area contributed by atoms with E-state index in [2.05, 4.69) is 164 Å². The molecule has 0 fully saturated rings. The van der Waals surface area contributed by atoms with Crippen LogP contribution in [0, 0.1) is 0 Å². The number of para-hydroxylation sites is 1. The van der Waals surface area contributed by atoms with Crippen LogP contribution in [-0.4, -0.2) is 9.97 Å². The lowest BCUT2D eigenvalue weighted by Gasteiger charge is -2.14. The van der Waals surface area contributed by atoms with Crippen molar-refractivity contribution in [2.75, 3.05) is 0 Å². The van der Waals surface area contributed by atoms with E-state index in [1.807, 2.05) is 18.2 Å². The van der Waals surface area contributed by atoms with Crippen molar-refractivity contribution < 1.29 is 4.42 Å². The summed E-state index contributed by atoms with van der Waals surface area (Å²) in [6.45, 7) is 0. The van der Waals surface area contributed by atoms with Gasteiger partial charge in [0, 0.05) is 27.5 Å². The van der Waals surface area contributed by atoms with Crippen molar-refractivity contribution in [1.29, 1.82) is 0 Å². The van der Waals surface area contributed by atoms with Crippen LogP contribution in [0.3, 0.4) is 0 Å². The summed E-state index contributed by atoms with van der Waals surface area (Å²) in [5, 5.41) is 6.99. The summed E-state index contributed by atoms with van der Waals surface area (Å²) in [5.41, 5.74) is 11.0. The van der Waals surface area contributed by atoms with Crippen molar-refractivity contribution in [3.8, 4) is 56.2 Å². The smallest absolute Gasteiger partial charge is 0.160 e. The molecule has 3 heteroatoms. The number of rotatable bonds is 5. The van der Waals surface area contributed by atoms with E-state index in [4.69, 9.17) is 14.4 Å². The molecule has 0 bridgehead atoms. The van der Waals surface area contributed by atoms with E-state index >= 15 is 0 Å². The van der Waals surface area contributed by atoms with E-state index in [0.29, 0.717) is 5.82 Å². The average Bonchev–Trinajstić information content (AvgIpc) is 3.59. The fraction of sp³-hybridized carbons (Fsp3) is 0. The first-order valence-electron chi connectivity index (χ1n) is 17.2. The molecule has 10 rings (SSSR count). The van der Waals surface area contributed by atoms with Gasteiger partial charge in [-0.1, -0.05) is 133 Å². The minimum absolute atomic E-state index is 0.692. The van der Waals surface area contributed by atoms with Gasteiger partial charge in [0.1, 0.15) is 11.2 Å². The monoisotopic (exact) mass is 650 g/mol. The molecule has 2 aromatic heterocycles. The molecule has 0 radical (unpaired) electrons. The van der Waals surface area contributed by atoms with Crippen LogP contribution in [0.5, 0.6) is 0 Å². The Morgan fingerprint density at radius 2 is 0.922 bits per heavy atom. The molecule has 238 valence electrons. The quantitative estimate of drug-likeness (QED) is 0.186. The molecule has 0 spiro atoms. The van der Waals surface area contributed by atoms with Crippen LogP contribution in [0.2, 0.25) is 0 Å². The Kier molecular flexibility index (Phi) is 6.81. The van der Waals surface area contributed by atoms with E-state index in [9.17, 15) is 0 Å². The van der Waals surface area contributed by atoms with Crippen LogP contribution >= 0.6 is 0 Å². The third-order valence-electron chi connectivity index (χ3n) is 9.83. The summed E-state index contributed by atoms with van der Waals surface area (Å²) in [6, 6.07) is 64.0. The lowest BCUT2D eigenvalue weighted by Crippen LogP contribution is -1.97. The Hall–Kier alpha value is -6.84. The maximum absolute atomic E-state index is 6.33. The Morgan fingerprint density at radius 3 is 1.71 bits per heavy atom. The Bertz CT molecular complexity index is 2920. The molecule has 0 N–H and O–H groups in total. The van der Waals surface area contributed by atoms with Crippen molar-refractivity contribution in [2.24, 2.45) is 0 Å². The number of hydrogen-bond donors (Lipinski definition) is 0. The minimum Gasteiger partial charge on any atom is -0.456 e. The van der Waals surface area contributed by atoms with Gasteiger partial charge < -0.3 is 4.42 Å². The number of fused-ring (bicyclic) bond motifs is 5. The molecule has 0 unspecified atom stereocenters. The highest BCUT2D eigenvalue weighted by molar-refractivity contribution is 6.12. The SMILES string of the molecule is c1ccc(-c2cc(-c3cc(-c4ccc5ccccc5c4)cc(-c4cccc5oc6ccccc6c45)c3)nc(-c3ccc4ccccc4c3)n2)cc1. The van der Waals surface area contributed by atoms with Gasteiger partial charge in [-0.05, 0) is 92.3 Å². The van der Waals surface area contributed by atoms with Gasteiger partial charge in [0.2, 0.25) is 0 Å². The number of benzene rings is 8. The first kappa shape index (κ1) is 29.1. The predicted octanol–water partition coefficient (Wildman–Crippen LogP) is 13.0. The molecule has 0 amide bonds. The maximum Gasteiger partial charge on any atom is 0.160 e. The molecule has 51 heavy (non-hydrogen) atoms. The summed E-state index contributed by atoms with van der Waals surface area (Å²) in [4.78, 5) is 10.4. The van der Waals surface area contributed by atoms with Crippen molar-refractivity contribution in [2.45, 2.75) is 0 Å². The molecule has 10 aromatic rings. The Balaban J connectivity index is 1.23. The predicted molar refractivity (Wildman–Crippen MR) is 212 cm³/mol. The van der Waals surface area contributed by atoms with Gasteiger partial charge in [-0.3, -0.25) is 0 Å². The van der Waals surface area contributed by atoms with E-state index in [1.54, 1.807) is 0 Å². The first-order valence-corrected chi connectivity index (χ1v) is 17.2. The molecule has 0 atom stereocenters. The average molecular weight is 651 g/mol. The summed E-state index contributed by atoms with van der Waals surface area (Å²) >= 11 is 0. The second-order valence-corrected chi connectivity index (χ2v) is 13.0. The third kappa shape index (κ3) is 5.24. The van der Waals surface area contributed by atoms with Crippen molar-refractivity contribution in [3.05, 3.63) is 182 Å². The van der Waals surface area contributed by atoms with Gasteiger partial charge in [-0.15, -0.1) is 0 Å². The standard InChI is InChI=1S/C48H30N2O/c1-2-13-33(14-3-1)43-30-44(50-48(49-43)37-24-22-32-12-5-7-16-35(32)26-37)40-28-38(36-23-21-31-11-4-6-15-34(31)25-36)27-39(29-40)41-18-10-20-46-47(41)42-17-8-9-19-45(42)51-46/h1-30H. The van der Waals surface area contributed by atoms with Gasteiger partial charge in [0.05, 0.1) is 11.4 Å². The normalized spacial score (nSPS) is 11.5. The van der Waals surface area contributed by atoms with E-state index < -0.39 is 0 Å². The Morgan fingerprint density at radius 1 is 0.333 bits per heavy atom. The van der Waals surface area contributed by atoms with Crippen LogP contribution in [0.25, 0.3) is 99.6 Å². The molecule has 0 saturated heterocycles. The molecule has 0 aliphatic rings. The number of nitrogens with zero attached hydrogens (tertiary/aromatic N) is 2. The molecular weight excluding hydrogens is 621 g/mol. The zero-order valence-electron chi connectivity index (χ0n) is 27.6. The van der Waals surface area contributed by atoms with Crippen LogP contribution in [0.15, 0.2) is 186 Å². The van der Waals surface area contributed by atoms with Crippen LogP contribution in [-0.2, 0) is 0 Å². The maximum atomic E-state index is 6.33. The molecule has 3 nitrogen and oxygen atoms in total. The van der Waals surface area contributed by atoms with Crippen molar-refractivity contribution in [3.63, 3.8) is 0 Å². The summed E-state index contributed by atoms with van der Waals surface area (Å²) in [6.07, 6.45) is 0. The Labute approximate surface area is 295 Å². The lowest BCUT2D eigenvalue weighted by molar-refractivity contribution is 0.669. The number of aromatic nitrogens is 2. The van der Waals surface area contributed by atoms with Gasteiger partial charge in [-0.2, -0.15) is 0 Å². The highest BCUT2D eigenvalue weighted by atomic mass is 16.3. The zero-order chi connectivity index (χ0) is 33.7. The van der Waals surface area contributed by atoms with Crippen molar-refractivity contribution >= 4 is 43.5 Å². The lowest BCUT2D eigenvalue weighted by atomic mass is 9.92. The molecular formula is C48H30N2O. The second kappa shape index (κ2) is 11.9. The molecule has 0 aliphatic heterocycles. The molecule has 0 aliphatic carbocycles. The first-order chi connectivity index (χ1) is 25.2. The third-order valence-corrected chi connectivity index (χ3v) is 9.83. The highest BCUT2D eigenvalue weighted by Gasteiger charge is 2.17. The van der Waals surface area contributed by atoms with Crippen LogP contribution < -0.4 is 0 Å². The van der Waals surface area contributed by atoms with E-state index in [1.165, 1.54) is 16.2 Å². The minimum atomic E-state index is 0.692. The zero-order valence-corrected chi connectivity index (χ0v) is 27.6. The largest absolute Gasteiger partial charge is 0.456 e. The van der Waals surface area contributed by atoms with Crippen LogP contribution in [0.4, 0.5) is 0 Å². The highest BCUT2D eigenvalue weighted by Crippen LogP contribution is 2.40. The summed E-state index contributed by atoms with van der Waals surface area (Å²) in [5.74, 6) is 0.692. The van der Waals surface area contributed by atoms with E-state index in [-0.39, 0.29) is 0 Å². The van der Waals surface area contributed by atoms with Crippen molar-refractivity contribution in [1.82, 2.24) is 9.97 Å². The van der Waals surface area contributed by atoms with Gasteiger partial charge >= 0.3 is 0 Å². The number of furan rings is 1. The van der Waals surface area contributed by atoms with Gasteiger partial charge in [-0.25, -0.2) is 9.97 Å². The van der Waals surface area contributed by atoms with Crippen LogP contribution in [0.1, 0.15) is 0 Å². The topological polar surface area (TPSA) is 38.9 Å². The summed E-state index contributed by atoms with van der Waals surface area (Å²) in [7, 11) is 0. The molecule has 8 aromatic carbocycles. The van der Waals surface area contributed by atoms with Gasteiger partial charge in [0.25, 0.3) is 0 Å². The molecule has 2 heterocycles. The second-order valence-electron chi connectivity index (χ2n) is 13.0. The fourth-order valence-electron chi connectivity index (χ4n) is 7.29. The summed E-state index contributed by atoms with van der Waals surface area (Å²) < 4.78 is 6.33. The number of hydrogen-bond acceptors (Lipinski definition) is 3. The molecule has 0 saturated carbocycles. The van der Waals surface area contributed by atoms with Gasteiger partial charge in [0.15, 0.2) is 5.82 Å².